The molecule has 184 valence electrons. The number of hydrogen-bond acceptors (Lipinski definition) is 6. The first-order chi connectivity index (χ1) is 19.3. The van der Waals surface area contributed by atoms with E-state index in [0.717, 1.165) is 38.9 Å². The smallest absolute Gasteiger partial charge is 0.227 e. The summed E-state index contributed by atoms with van der Waals surface area (Å²) in [6, 6.07) is 37.7. The average molecular weight is 504 g/mol. The Morgan fingerprint density at radius 2 is 1.00 bits per heavy atom. The van der Waals surface area contributed by atoms with Gasteiger partial charge in [0, 0.05) is 45.8 Å². The highest BCUT2D eigenvalue weighted by atomic mass is 16.3. The number of hydrogen-bond donors (Lipinski definition) is 0. The Bertz CT molecular complexity index is 1830. The van der Waals surface area contributed by atoms with Crippen molar-refractivity contribution in [2.24, 2.45) is 0 Å². The molecular weight excluding hydrogens is 482 g/mol. The number of rotatable bonds is 5. The summed E-state index contributed by atoms with van der Waals surface area (Å²) in [5, 5.41) is 0. The molecule has 0 bridgehead atoms. The van der Waals surface area contributed by atoms with E-state index in [1.165, 1.54) is 0 Å². The van der Waals surface area contributed by atoms with E-state index in [1.54, 1.807) is 6.20 Å². The van der Waals surface area contributed by atoms with Crippen molar-refractivity contribution in [3.63, 3.8) is 0 Å². The lowest BCUT2D eigenvalue weighted by atomic mass is 10.0. The van der Waals surface area contributed by atoms with Crippen molar-refractivity contribution in [3.8, 4) is 56.7 Å². The van der Waals surface area contributed by atoms with Gasteiger partial charge in [0.25, 0.3) is 0 Å². The maximum Gasteiger partial charge on any atom is 0.227 e. The second kappa shape index (κ2) is 9.76. The molecule has 0 fully saturated rings. The molecule has 0 aliphatic heterocycles. The topological polar surface area (TPSA) is 77.6 Å². The number of benzene rings is 4. The van der Waals surface area contributed by atoms with Crippen molar-refractivity contribution in [1.29, 1.82) is 0 Å². The summed E-state index contributed by atoms with van der Waals surface area (Å²) in [6.45, 7) is 0. The van der Waals surface area contributed by atoms with Crippen molar-refractivity contribution in [3.05, 3.63) is 128 Å². The van der Waals surface area contributed by atoms with Gasteiger partial charge in [-0.2, -0.15) is 0 Å². The van der Waals surface area contributed by atoms with Gasteiger partial charge in [-0.25, -0.2) is 19.9 Å². The minimum Gasteiger partial charge on any atom is -0.436 e. The normalized spacial score (nSPS) is 11.1. The van der Waals surface area contributed by atoms with E-state index in [-0.39, 0.29) is 0 Å². The van der Waals surface area contributed by atoms with Gasteiger partial charge in [-0.05, 0) is 30.3 Å². The van der Waals surface area contributed by atoms with E-state index in [4.69, 9.17) is 24.4 Å². The van der Waals surface area contributed by atoms with Gasteiger partial charge < -0.3 is 4.42 Å². The maximum absolute atomic E-state index is 6.31. The van der Waals surface area contributed by atoms with Crippen LogP contribution in [-0.4, -0.2) is 24.9 Å². The lowest BCUT2D eigenvalue weighted by molar-refractivity contribution is 0.620. The van der Waals surface area contributed by atoms with Crippen LogP contribution in [0.25, 0.3) is 67.8 Å². The number of oxazole rings is 1. The zero-order valence-corrected chi connectivity index (χ0v) is 20.8. The quantitative estimate of drug-likeness (QED) is 0.239. The number of fused-ring (bicyclic) bond motifs is 1. The van der Waals surface area contributed by atoms with Crippen LogP contribution in [0.2, 0.25) is 0 Å². The van der Waals surface area contributed by atoms with Crippen molar-refractivity contribution < 1.29 is 4.42 Å². The summed E-state index contributed by atoms with van der Waals surface area (Å²) in [5.74, 6) is 2.31. The molecule has 0 amide bonds. The predicted octanol–water partition coefficient (Wildman–Crippen LogP) is 7.74. The van der Waals surface area contributed by atoms with Crippen LogP contribution in [0, 0.1) is 0 Å². The first kappa shape index (κ1) is 22.7. The highest BCUT2D eigenvalue weighted by Gasteiger charge is 2.18. The third-order valence-electron chi connectivity index (χ3n) is 6.45. The number of nitrogens with zero attached hydrogens (tertiary/aromatic N) is 5. The van der Waals surface area contributed by atoms with Crippen LogP contribution >= 0.6 is 0 Å². The Morgan fingerprint density at radius 1 is 0.462 bits per heavy atom. The van der Waals surface area contributed by atoms with Crippen LogP contribution in [0.15, 0.2) is 132 Å². The molecule has 7 rings (SSSR count). The second-order valence-corrected chi connectivity index (χ2v) is 9.04. The zero-order valence-electron chi connectivity index (χ0n) is 20.8. The predicted molar refractivity (Wildman–Crippen MR) is 152 cm³/mol. The third-order valence-corrected chi connectivity index (χ3v) is 6.45. The second-order valence-electron chi connectivity index (χ2n) is 9.04. The van der Waals surface area contributed by atoms with Crippen LogP contribution in [0.4, 0.5) is 0 Å². The van der Waals surface area contributed by atoms with E-state index in [1.807, 2.05) is 115 Å². The fraction of sp³-hybridized carbons (Fsp3) is 0. The molecule has 4 aromatic carbocycles. The summed E-state index contributed by atoms with van der Waals surface area (Å²) in [6.07, 6.45) is 3.58. The summed E-state index contributed by atoms with van der Waals surface area (Å²) in [5.41, 5.74) is 6.76. The van der Waals surface area contributed by atoms with Crippen LogP contribution < -0.4 is 0 Å². The largest absolute Gasteiger partial charge is 0.436 e. The molecule has 6 nitrogen and oxygen atoms in total. The standard InChI is InChI=1S/C33H21N5O/c1-4-11-22(12-5-1)30-36-31(23-13-6-2-7-14-23)38-32(37-30)26-19-27(25-17-10-18-34-21-25)29-28(20-26)39-33(35-29)24-15-8-3-9-16-24/h1-21H. The number of aromatic nitrogens is 5. The minimum atomic E-state index is 0.549. The number of pyridine rings is 1. The Hall–Kier alpha value is -5.49. The summed E-state index contributed by atoms with van der Waals surface area (Å²) in [7, 11) is 0. The van der Waals surface area contributed by atoms with E-state index in [9.17, 15) is 0 Å². The van der Waals surface area contributed by atoms with Crippen LogP contribution in [-0.2, 0) is 0 Å². The fourth-order valence-electron chi connectivity index (χ4n) is 4.54. The molecular formula is C33H21N5O. The Morgan fingerprint density at radius 3 is 1.56 bits per heavy atom. The zero-order chi connectivity index (χ0) is 26.0. The van der Waals surface area contributed by atoms with E-state index in [0.29, 0.717) is 28.9 Å². The fourth-order valence-corrected chi connectivity index (χ4v) is 4.54. The van der Waals surface area contributed by atoms with Crippen molar-refractivity contribution >= 4 is 11.1 Å². The van der Waals surface area contributed by atoms with Crippen molar-refractivity contribution in [2.45, 2.75) is 0 Å². The van der Waals surface area contributed by atoms with E-state index < -0.39 is 0 Å². The van der Waals surface area contributed by atoms with Gasteiger partial charge in [0.2, 0.25) is 5.89 Å². The highest BCUT2D eigenvalue weighted by molar-refractivity contribution is 5.95. The first-order valence-electron chi connectivity index (χ1n) is 12.6. The molecule has 3 aromatic heterocycles. The monoisotopic (exact) mass is 503 g/mol. The average Bonchev–Trinajstić information content (AvgIpc) is 3.47. The molecule has 0 aliphatic carbocycles. The van der Waals surface area contributed by atoms with Gasteiger partial charge in [0.05, 0.1) is 0 Å². The molecule has 0 radical (unpaired) electrons. The van der Waals surface area contributed by atoms with Crippen LogP contribution in [0.3, 0.4) is 0 Å². The molecule has 0 spiro atoms. The molecule has 0 saturated carbocycles. The molecule has 0 saturated heterocycles. The van der Waals surface area contributed by atoms with Gasteiger partial charge >= 0.3 is 0 Å². The van der Waals surface area contributed by atoms with Gasteiger partial charge in [0.15, 0.2) is 23.1 Å². The van der Waals surface area contributed by atoms with E-state index in [2.05, 4.69) is 11.1 Å². The van der Waals surface area contributed by atoms with Crippen LogP contribution in [0.5, 0.6) is 0 Å². The van der Waals surface area contributed by atoms with Crippen molar-refractivity contribution in [2.75, 3.05) is 0 Å². The lowest BCUT2D eigenvalue weighted by Crippen LogP contribution is -2.00. The van der Waals surface area contributed by atoms with Gasteiger partial charge in [-0.1, -0.05) is 84.9 Å². The molecule has 39 heavy (non-hydrogen) atoms. The Labute approximate surface area is 224 Å². The SMILES string of the molecule is c1ccc(-c2nc(-c3ccccc3)nc(-c3cc(-c4cccnc4)c4nc(-c5ccccc5)oc4c3)n2)cc1. The highest BCUT2D eigenvalue weighted by Crippen LogP contribution is 2.36. The molecule has 0 unspecified atom stereocenters. The summed E-state index contributed by atoms with van der Waals surface area (Å²) >= 11 is 0. The molecule has 3 heterocycles. The summed E-state index contributed by atoms with van der Waals surface area (Å²) < 4.78 is 6.31. The lowest BCUT2D eigenvalue weighted by Gasteiger charge is -2.10. The summed E-state index contributed by atoms with van der Waals surface area (Å²) in [4.78, 5) is 23.9. The molecule has 6 heteroatoms. The first-order valence-corrected chi connectivity index (χ1v) is 12.6. The van der Waals surface area contributed by atoms with Crippen LogP contribution in [0.1, 0.15) is 0 Å². The molecule has 7 aromatic rings. The van der Waals surface area contributed by atoms with E-state index >= 15 is 0 Å². The molecule has 0 aliphatic rings. The Balaban J connectivity index is 1.47. The van der Waals surface area contributed by atoms with Gasteiger partial charge in [0.1, 0.15) is 5.52 Å². The Kier molecular flexibility index (Phi) is 5.68. The van der Waals surface area contributed by atoms with Gasteiger partial charge in [-0.3, -0.25) is 4.98 Å². The minimum absolute atomic E-state index is 0.549. The maximum atomic E-state index is 6.31. The van der Waals surface area contributed by atoms with Gasteiger partial charge in [-0.15, -0.1) is 0 Å². The molecule has 0 N–H and O–H groups in total. The third kappa shape index (κ3) is 4.45. The molecule has 0 atom stereocenters. The van der Waals surface area contributed by atoms with Crippen molar-refractivity contribution in [1.82, 2.24) is 24.9 Å².